The van der Waals surface area contributed by atoms with Crippen molar-refractivity contribution in [2.45, 2.75) is 6.92 Å². The minimum atomic E-state index is -0.0293. The van der Waals surface area contributed by atoms with Crippen molar-refractivity contribution in [1.29, 1.82) is 0 Å². The van der Waals surface area contributed by atoms with E-state index in [4.69, 9.17) is 4.74 Å². The van der Waals surface area contributed by atoms with E-state index < -0.39 is 0 Å². The van der Waals surface area contributed by atoms with Gasteiger partial charge in [-0.1, -0.05) is 0 Å². The third-order valence-corrected chi connectivity index (χ3v) is 3.13. The summed E-state index contributed by atoms with van der Waals surface area (Å²) in [6.07, 6.45) is 0. The Morgan fingerprint density at radius 1 is 1.39 bits per heavy atom. The molecule has 18 heavy (non-hydrogen) atoms. The van der Waals surface area contributed by atoms with Crippen LogP contribution in [0.4, 0.5) is 0 Å². The van der Waals surface area contributed by atoms with Crippen molar-refractivity contribution in [3.8, 4) is 0 Å². The molecule has 0 bridgehead atoms. The number of nitrogens with zero attached hydrogens (tertiary/aromatic N) is 3. The highest BCUT2D eigenvalue weighted by Crippen LogP contribution is 2.14. The third kappa shape index (κ3) is 1.59. The summed E-state index contributed by atoms with van der Waals surface area (Å²) < 4.78 is 6.96. The van der Waals surface area contributed by atoms with Crippen molar-refractivity contribution in [1.82, 2.24) is 9.55 Å². The van der Waals surface area contributed by atoms with Crippen LogP contribution in [0.5, 0.6) is 0 Å². The first-order valence-corrected chi connectivity index (χ1v) is 5.82. The molecule has 1 aliphatic rings. The lowest BCUT2D eigenvalue weighted by atomic mass is 10.1. The Morgan fingerprint density at radius 2 is 2.22 bits per heavy atom. The lowest BCUT2D eigenvalue weighted by Gasteiger charge is -2.07. The van der Waals surface area contributed by atoms with Gasteiger partial charge in [-0.25, -0.2) is 9.98 Å². The van der Waals surface area contributed by atoms with Crippen LogP contribution >= 0.6 is 0 Å². The number of ether oxygens (including phenoxy) is 1. The molecule has 0 radical (unpaired) electrons. The highest BCUT2D eigenvalue weighted by Gasteiger charge is 2.12. The largest absolute Gasteiger partial charge is 0.476 e. The number of rotatable bonds is 1. The molecule has 0 unspecified atom stereocenters. The van der Waals surface area contributed by atoms with E-state index in [0.29, 0.717) is 35.8 Å². The zero-order chi connectivity index (χ0) is 12.7. The number of aromatic nitrogens is 2. The van der Waals surface area contributed by atoms with Crippen LogP contribution in [-0.2, 0) is 11.8 Å². The van der Waals surface area contributed by atoms with Gasteiger partial charge in [0.1, 0.15) is 12.4 Å². The van der Waals surface area contributed by atoms with Gasteiger partial charge in [0.25, 0.3) is 5.56 Å². The second-order valence-corrected chi connectivity index (χ2v) is 4.29. The van der Waals surface area contributed by atoms with Crippen LogP contribution in [0.3, 0.4) is 0 Å². The van der Waals surface area contributed by atoms with Gasteiger partial charge in [-0.2, -0.15) is 0 Å². The lowest BCUT2D eigenvalue weighted by molar-refractivity contribution is 0.348. The maximum Gasteiger partial charge on any atom is 0.261 e. The van der Waals surface area contributed by atoms with Gasteiger partial charge in [-0.05, 0) is 25.1 Å². The molecule has 0 N–H and O–H groups in total. The van der Waals surface area contributed by atoms with Gasteiger partial charge in [0.05, 0.1) is 17.4 Å². The smallest absolute Gasteiger partial charge is 0.261 e. The van der Waals surface area contributed by atoms with Crippen LogP contribution in [0.15, 0.2) is 28.0 Å². The molecule has 2 aromatic rings. The summed E-state index contributed by atoms with van der Waals surface area (Å²) >= 11 is 0. The summed E-state index contributed by atoms with van der Waals surface area (Å²) in [5, 5.41) is 0.616. The van der Waals surface area contributed by atoms with Crippen LogP contribution in [0.1, 0.15) is 11.4 Å². The van der Waals surface area contributed by atoms with Crippen molar-refractivity contribution in [3.63, 3.8) is 0 Å². The number of hydrogen-bond acceptors (Lipinski definition) is 4. The maximum atomic E-state index is 12.0. The van der Waals surface area contributed by atoms with E-state index in [2.05, 4.69) is 9.98 Å². The van der Waals surface area contributed by atoms with Crippen molar-refractivity contribution in [3.05, 3.63) is 39.9 Å². The molecule has 1 aliphatic heterocycles. The summed E-state index contributed by atoms with van der Waals surface area (Å²) in [5.74, 6) is 1.33. The Kier molecular flexibility index (Phi) is 2.40. The molecule has 2 heterocycles. The monoisotopic (exact) mass is 243 g/mol. The average molecular weight is 243 g/mol. The molecule has 0 amide bonds. The quantitative estimate of drug-likeness (QED) is 0.751. The second kappa shape index (κ2) is 3.94. The van der Waals surface area contributed by atoms with E-state index in [1.54, 1.807) is 17.7 Å². The summed E-state index contributed by atoms with van der Waals surface area (Å²) in [4.78, 5) is 20.7. The van der Waals surface area contributed by atoms with Gasteiger partial charge < -0.3 is 4.74 Å². The van der Waals surface area contributed by atoms with E-state index in [0.717, 1.165) is 5.56 Å². The van der Waals surface area contributed by atoms with Gasteiger partial charge in [-0.15, -0.1) is 0 Å². The molecule has 3 rings (SSSR count). The summed E-state index contributed by atoms with van der Waals surface area (Å²) in [7, 11) is 1.72. The molecule has 0 fully saturated rings. The molecule has 0 saturated heterocycles. The van der Waals surface area contributed by atoms with Gasteiger partial charge in [0.2, 0.25) is 5.90 Å². The standard InChI is InChI=1S/C13H13N3O2/c1-8-15-11-7-9(12-14-5-6-18-12)3-4-10(11)13(17)16(8)2/h3-4,7H,5-6H2,1-2H3. The number of hydrogen-bond donors (Lipinski definition) is 0. The number of aliphatic imine (C=N–C) groups is 1. The number of aryl methyl sites for hydroxylation is 1. The van der Waals surface area contributed by atoms with E-state index >= 15 is 0 Å². The highest BCUT2D eigenvalue weighted by molar-refractivity contribution is 5.98. The first kappa shape index (κ1) is 11.0. The zero-order valence-corrected chi connectivity index (χ0v) is 10.3. The molecule has 0 atom stereocenters. The number of fused-ring (bicyclic) bond motifs is 1. The average Bonchev–Trinajstić information content (AvgIpc) is 2.89. The fourth-order valence-corrected chi connectivity index (χ4v) is 2.02. The molecule has 92 valence electrons. The highest BCUT2D eigenvalue weighted by atomic mass is 16.5. The van der Waals surface area contributed by atoms with Crippen LogP contribution < -0.4 is 5.56 Å². The van der Waals surface area contributed by atoms with Gasteiger partial charge in [-0.3, -0.25) is 9.36 Å². The zero-order valence-electron chi connectivity index (χ0n) is 10.3. The molecule has 1 aromatic heterocycles. The molecule has 0 spiro atoms. The Bertz CT molecular complexity index is 716. The Hall–Kier alpha value is -2.17. The first-order chi connectivity index (χ1) is 8.66. The lowest BCUT2D eigenvalue weighted by Crippen LogP contribution is -2.20. The van der Waals surface area contributed by atoms with Crippen LogP contribution in [0.2, 0.25) is 0 Å². The molecular weight excluding hydrogens is 230 g/mol. The van der Waals surface area contributed by atoms with Crippen LogP contribution in [0.25, 0.3) is 10.9 Å². The Labute approximate surface area is 104 Å². The summed E-state index contributed by atoms with van der Waals surface area (Å²) in [5.41, 5.74) is 1.53. The van der Waals surface area contributed by atoms with Crippen molar-refractivity contribution in [2.75, 3.05) is 13.2 Å². The van der Waals surface area contributed by atoms with Crippen LogP contribution in [0, 0.1) is 6.92 Å². The third-order valence-electron chi connectivity index (χ3n) is 3.13. The van der Waals surface area contributed by atoms with Gasteiger partial charge >= 0.3 is 0 Å². The normalized spacial score (nSPS) is 14.7. The SMILES string of the molecule is Cc1nc2cc(C3=NCCO3)ccc2c(=O)n1C. The van der Waals surface area contributed by atoms with Gasteiger partial charge in [0, 0.05) is 12.6 Å². The molecule has 0 saturated carbocycles. The summed E-state index contributed by atoms with van der Waals surface area (Å²) in [6, 6.07) is 5.49. The van der Waals surface area contributed by atoms with Crippen molar-refractivity contribution >= 4 is 16.8 Å². The first-order valence-electron chi connectivity index (χ1n) is 5.82. The van der Waals surface area contributed by atoms with E-state index in [1.165, 1.54) is 0 Å². The summed E-state index contributed by atoms with van der Waals surface area (Å²) in [6.45, 7) is 3.13. The minimum Gasteiger partial charge on any atom is -0.476 e. The predicted octanol–water partition coefficient (Wildman–Crippen LogP) is 1.02. The molecular formula is C13H13N3O2. The van der Waals surface area contributed by atoms with E-state index in [1.807, 2.05) is 19.1 Å². The van der Waals surface area contributed by atoms with E-state index in [9.17, 15) is 4.79 Å². The molecule has 1 aromatic carbocycles. The fraction of sp³-hybridized carbons (Fsp3) is 0.308. The topological polar surface area (TPSA) is 56.5 Å². The Morgan fingerprint density at radius 3 is 2.94 bits per heavy atom. The van der Waals surface area contributed by atoms with Crippen molar-refractivity contribution < 1.29 is 4.74 Å². The van der Waals surface area contributed by atoms with E-state index in [-0.39, 0.29) is 5.56 Å². The number of benzene rings is 1. The maximum absolute atomic E-state index is 12.0. The molecule has 0 aliphatic carbocycles. The van der Waals surface area contributed by atoms with Crippen molar-refractivity contribution in [2.24, 2.45) is 12.0 Å². The fourth-order valence-electron chi connectivity index (χ4n) is 2.02. The molecule has 5 nitrogen and oxygen atoms in total. The second-order valence-electron chi connectivity index (χ2n) is 4.29. The molecule has 5 heteroatoms. The minimum absolute atomic E-state index is 0.0293. The Balaban J connectivity index is 2.24. The van der Waals surface area contributed by atoms with Crippen LogP contribution in [-0.4, -0.2) is 28.6 Å². The predicted molar refractivity (Wildman–Crippen MR) is 69.1 cm³/mol. The van der Waals surface area contributed by atoms with Gasteiger partial charge in [0.15, 0.2) is 0 Å².